The Kier molecular flexibility index (Phi) is 29.6. The van der Waals surface area contributed by atoms with Crippen molar-refractivity contribution in [3.8, 4) is 0 Å². The fourth-order valence-corrected chi connectivity index (χ4v) is 7.89. The Balaban J connectivity index is 3.14. The second kappa shape index (κ2) is 34.3. The minimum atomic E-state index is -2.68. The molecule has 2 aliphatic rings. The standard InChI is InChI=1S/C49H72N4O29/c1-20(54)50-36(46(67)69-13)41(74-28(9)62)32(14-16-70-24(5)58)79-49-39(53-23(4)57)45(77-31(12)65)43(35(81-49)19-73-27(8)61)82-47(68)37(51-21(2)55)42(75-29(10)63)33(15-17-71-25(6)59)78-48-38(52-22(3)56)44(76-30(11)64)40(66)34(80-48)18-72-26(7)60/h32-35,38-40,43-49,66-68H,14-19H2,1-13H3,(H,50,54)(H,51,55)(H,52,56)(H,53,57)/b41-36-,42-37-/t32-,33-,34?,35?,38?,39?,40?,43?,44+,45+,46+,47+,48-,49-/m0/s1. The highest BCUT2D eigenvalue weighted by molar-refractivity contribution is 5.77. The van der Waals surface area contributed by atoms with E-state index < -0.39 is 220 Å². The lowest BCUT2D eigenvalue weighted by Crippen LogP contribution is -2.67. The van der Waals surface area contributed by atoms with E-state index in [1.807, 2.05) is 0 Å². The van der Waals surface area contributed by atoms with E-state index in [-0.39, 0.29) is 0 Å². The van der Waals surface area contributed by atoms with E-state index in [9.17, 15) is 72.9 Å². The second-order valence-electron chi connectivity index (χ2n) is 17.9. The highest BCUT2D eigenvalue weighted by atomic mass is 16.7. The lowest BCUT2D eigenvalue weighted by Gasteiger charge is -2.46. The Labute approximate surface area is 469 Å². The van der Waals surface area contributed by atoms with Crippen LogP contribution in [-0.4, -0.2) is 206 Å². The zero-order chi connectivity index (χ0) is 62.3. The molecule has 0 aliphatic carbocycles. The molecule has 0 aromatic rings. The van der Waals surface area contributed by atoms with Crippen LogP contribution >= 0.6 is 0 Å². The van der Waals surface area contributed by atoms with Gasteiger partial charge in [-0.25, -0.2) is 0 Å². The molecular weight excluding hydrogens is 1110 g/mol. The van der Waals surface area contributed by atoms with Crippen molar-refractivity contribution in [3.63, 3.8) is 0 Å². The van der Waals surface area contributed by atoms with Gasteiger partial charge < -0.3 is 103 Å². The van der Waals surface area contributed by atoms with Gasteiger partial charge in [0.2, 0.25) is 29.9 Å². The molecule has 0 saturated carbocycles. The third kappa shape index (κ3) is 24.1. The molecule has 2 heterocycles. The van der Waals surface area contributed by atoms with Gasteiger partial charge in [-0.05, 0) is 0 Å². The van der Waals surface area contributed by atoms with Crippen LogP contribution in [0.15, 0.2) is 22.9 Å². The average Bonchev–Trinajstić information content (AvgIpc) is 3.40. The van der Waals surface area contributed by atoms with Crippen LogP contribution in [0.4, 0.5) is 0 Å². The van der Waals surface area contributed by atoms with Gasteiger partial charge >= 0.3 is 47.8 Å². The Hall–Kier alpha value is -7.24. The van der Waals surface area contributed by atoms with Crippen LogP contribution in [-0.2, 0) is 124 Å². The predicted octanol–water partition coefficient (Wildman–Crippen LogP) is -3.04. The van der Waals surface area contributed by atoms with Crippen molar-refractivity contribution in [2.24, 2.45) is 0 Å². The Morgan fingerprint density at radius 3 is 1.20 bits per heavy atom. The fourth-order valence-electron chi connectivity index (χ4n) is 7.89. The molecule has 6 unspecified atom stereocenters. The molecule has 4 amide bonds. The predicted molar refractivity (Wildman–Crippen MR) is 264 cm³/mol. The molecule has 0 radical (unpaired) electrons. The maximum atomic E-state index is 13.2. The number of nitrogens with one attached hydrogen (secondary N) is 4. The van der Waals surface area contributed by atoms with Crippen LogP contribution in [0.5, 0.6) is 0 Å². The molecule has 2 rings (SSSR count). The Bertz CT molecular complexity index is 2380. The Morgan fingerprint density at radius 1 is 0.451 bits per heavy atom. The number of aliphatic hydroxyl groups is 3. The average molecular weight is 1180 g/mol. The normalized spacial score (nSPS) is 24.3. The smallest absolute Gasteiger partial charge is 0.307 e. The van der Waals surface area contributed by atoms with E-state index in [0.717, 1.165) is 90.2 Å². The first-order valence-corrected chi connectivity index (χ1v) is 24.9. The monoisotopic (exact) mass is 1180 g/mol. The number of aliphatic hydroxyl groups excluding tert-OH is 3. The van der Waals surface area contributed by atoms with Crippen LogP contribution in [0.3, 0.4) is 0 Å². The summed E-state index contributed by atoms with van der Waals surface area (Å²) < 4.78 is 78.9. The third-order valence-corrected chi connectivity index (χ3v) is 10.8. The van der Waals surface area contributed by atoms with Crippen LogP contribution in [0.2, 0.25) is 0 Å². The summed E-state index contributed by atoms with van der Waals surface area (Å²) in [5.41, 5.74) is -1.55. The third-order valence-electron chi connectivity index (χ3n) is 10.8. The first-order chi connectivity index (χ1) is 38.3. The SMILES string of the molecule is CO[C@@H](O)/C(NC(C)=O)=C(/OC(C)=O)[C@H](CCOC(C)=O)O[C@H]1OC(COC(C)=O)C(O[C@@H](O)/C(NC(C)=O)=C(/OC(C)=O)[C@H](CCOC(C)=O)O[C@H]2OC(COC(C)=O)C(O)[C@H](OC(C)=O)C2NC(C)=O)[C@H](OC(C)=O)C1NC(C)=O. The maximum absolute atomic E-state index is 13.2. The molecule has 7 N–H and O–H groups in total. The second-order valence-corrected chi connectivity index (χ2v) is 17.9. The molecule has 0 aromatic heterocycles. The van der Waals surface area contributed by atoms with E-state index >= 15 is 0 Å². The van der Waals surface area contributed by atoms with E-state index in [1.165, 1.54) is 0 Å². The minimum Gasteiger partial charge on any atom is -0.466 e. The van der Waals surface area contributed by atoms with Crippen LogP contribution in [0, 0.1) is 0 Å². The number of carbonyl (C=O) groups is 12. The van der Waals surface area contributed by atoms with Crippen molar-refractivity contribution in [1.82, 2.24) is 21.3 Å². The van der Waals surface area contributed by atoms with Crippen molar-refractivity contribution in [2.75, 3.05) is 33.5 Å². The number of esters is 8. The quantitative estimate of drug-likeness (QED) is 0.0169. The van der Waals surface area contributed by atoms with Gasteiger partial charge in [-0.15, -0.1) is 0 Å². The largest absolute Gasteiger partial charge is 0.466 e. The number of rotatable bonds is 29. The van der Waals surface area contributed by atoms with Gasteiger partial charge in [-0.2, -0.15) is 0 Å². The first kappa shape index (κ1) is 70.9. The molecule has 33 nitrogen and oxygen atoms in total. The van der Waals surface area contributed by atoms with Crippen molar-refractivity contribution in [3.05, 3.63) is 22.9 Å². The van der Waals surface area contributed by atoms with Crippen LogP contribution < -0.4 is 21.3 Å². The van der Waals surface area contributed by atoms with Gasteiger partial charge in [0.1, 0.15) is 73.3 Å². The van der Waals surface area contributed by atoms with Crippen molar-refractivity contribution in [1.29, 1.82) is 0 Å². The van der Waals surface area contributed by atoms with Gasteiger partial charge in [-0.3, -0.25) is 57.5 Å². The summed E-state index contributed by atoms with van der Waals surface area (Å²) in [4.78, 5) is 151. The van der Waals surface area contributed by atoms with E-state index in [0.29, 0.717) is 0 Å². The van der Waals surface area contributed by atoms with Gasteiger partial charge in [-0.1, -0.05) is 0 Å². The van der Waals surface area contributed by atoms with E-state index in [4.69, 9.17) is 66.3 Å². The van der Waals surface area contributed by atoms with Crippen LogP contribution in [0.1, 0.15) is 95.9 Å². The van der Waals surface area contributed by atoms with E-state index in [2.05, 4.69) is 21.3 Å². The summed E-state index contributed by atoms with van der Waals surface area (Å²) in [5, 5.41) is 44.1. The van der Waals surface area contributed by atoms with Gasteiger partial charge in [0.25, 0.3) is 0 Å². The molecule has 0 spiro atoms. The lowest BCUT2D eigenvalue weighted by atomic mass is 9.95. The van der Waals surface area contributed by atoms with Gasteiger partial charge in [0.15, 0.2) is 42.6 Å². The Morgan fingerprint density at radius 2 is 0.829 bits per heavy atom. The summed E-state index contributed by atoms with van der Waals surface area (Å²) in [6.07, 6.45) is -24.7. The fraction of sp³-hybridized carbons (Fsp3) is 0.673. The zero-order valence-electron chi connectivity index (χ0n) is 47.3. The summed E-state index contributed by atoms with van der Waals surface area (Å²) in [6, 6.07) is -3.53. The van der Waals surface area contributed by atoms with Crippen LogP contribution in [0.25, 0.3) is 0 Å². The van der Waals surface area contributed by atoms with E-state index in [1.54, 1.807) is 0 Å². The topological polar surface area (TPSA) is 443 Å². The molecule has 2 aliphatic heterocycles. The molecule has 82 heavy (non-hydrogen) atoms. The summed E-state index contributed by atoms with van der Waals surface area (Å²) in [7, 11) is 1.01. The van der Waals surface area contributed by atoms with Gasteiger partial charge in [0.05, 0.1) is 13.2 Å². The number of hydrogen-bond donors (Lipinski definition) is 7. The molecule has 2 saturated heterocycles. The highest BCUT2D eigenvalue weighted by Gasteiger charge is 2.54. The maximum Gasteiger partial charge on any atom is 0.307 e. The molecule has 2 fully saturated rings. The number of ether oxygens (including phenoxy) is 14. The molecule has 0 aromatic carbocycles. The molecule has 14 atom stereocenters. The summed E-state index contributed by atoms with van der Waals surface area (Å²) in [5.74, 6) is -13.0. The first-order valence-electron chi connectivity index (χ1n) is 24.9. The summed E-state index contributed by atoms with van der Waals surface area (Å²) >= 11 is 0. The minimum absolute atomic E-state index is 0.514. The van der Waals surface area contributed by atoms with Gasteiger partial charge in [0, 0.05) is 103 Å². The number of methoxy groups -OCH3 is 1. The highest BCUT2D eigenvalue weighted by Crippen LogP contribution is 2.34. The molecule has 0 bridgehead atoms. The van der Waals surface area contributed by atoms with Crippen molar-refractivity contribution >= 4 is 71.4 Å². The zero-order valence-corrected chi connectivity index (χ0v) is 47.3. The van der Waals surface area contributed by atoms with Crippen molar-refractivity contribution < 1.29 is 139 Å². The molecular formula is C49H72N4O29. The number of hydrogen-bond acceptors (Lipinski definition) is 29. The molecule has 462 valence electrons. The lowest BCUT2D eigenvalue weighted by molar-refractivity contribution is -0.305. The van der Waals surface area contributed by atoms with Crippen molar-refractivity contribution in [2.45, 2.75) is 182 Å². The molecule has 33 heteroatoms. The summed E-state index contributed by atoms with van der Waals surface area (Å²) in [6.45, 7) is 8.89. The number of amides is 4. The number of carbonyl (C=O) groups excluding carboxylic acids is 12.